The second kappa shape index (κ2) is 5.93. The van der Waals surface area contributed by atoms with Crippen LogP contribution in [0.2, 0.25) is 0 Å². The topological polar surface area (TPSA) is 69.3 Å². The highest BCUT2D eigenvalue weighted by atomic mass is 79.9. The normalized spacial score (nSPS) is 11.2. The number of furan rings is 1. The van der Waals surface area contributed by atoms with E-state index < -0.39 is 5.69 Å². The molecule has 0 radical (unpaired) electrons. The van der Waals surface area contributed by atoms with Crippen LogP contribution in [0.4, 0.5) is 5.82 Å². The van der Waals surface area contributed by atoms with Crippen molar-refractivity contribution in [3.05, 3.63) is 57.6 Å². The lowest BCUT2D eigenvalue weighted by Crippen LogP contribution is -2.23. The molecule has 25 heavy (non-hydrogen) atoms. The minimum Gasteiger partial charge on any atom is -0.495 e. The third-order valence-electron chi connectivity index (χ3n) is 4.11. The Morgan fingerprint density at radius 3 is 2.84 bits per heavy atom. The molecule has 0 amide bonds. The molecule has 2 heterocycles. The van der Waals surface area contributed by atoms with Crippen molar-refractivity contribution >= 4 is 43.6 Å². The summed E-state index contributed by atoms with van der Waals surface area (Å²) in [5.74, 6) is 1.05. The summed E-state index contributed by atoms with van der Waals surface area (Å²) in [5.41, 5.74) is 1.54. The molecular weight excluding hydrogens is 386 g/mol. The Kier molecular flexibility index (Phi) is 3.73. The van der Waals surface area contributed by atoms with Crippen molar-refractivity contribution < 1.29 is 9.15 Å². The molecule has 4 rings (SSSR count). The molecule has 0 aliphatic carbocycles. The number of aromatic nitrogens is 2. The lowest BCUT2D eigenvalue weighted by atomic mass is 10.1. The van der Waals surface area contributed by atoms with E-state index in [1.54, 1.807) is 26.5 Å². The predicted molar refractivity (Wildman–Crippen MR) is 101 cm³/mol. The van der Waals surface area contributed by atoms with Crippen LogP contribution in [0.25, 0.3) is 27.6 Å². The van der Waals surface area contributed by atoms with Crippen LogP contribution in [0.1, 0.15) is 0 Å². The van der Waals surface area contributed by atoms with E-state index in [-0.39, 0.29) is 0 Å². The number of anilines is 1. The molecule has 126 valence electrons. The summed E-state index contributed by atoms with van der Waals surface area (Å²) in [6.07, 6.45) is 1.62. The molecule has 0 atom stereocenters. The van der Waals surface area contributed by atoms with Gasteiger partial charge in [0.2, 0.25) is 0 Å². The predicted octanol–water partition coefficient (Wildman–Crippen LogP) is 3.94. The molecule has 0 fully saturated rings. The second-order valence-electron chi connectivity index (χ2n) is 5.42. The molecule has 4 aromatic rings. The zero-order valence-electron chi connectivity index (χ0n) is 13.5. The van der Waals surface area contributed by atoms with Crippen LogP contribution in [-0.2, 0) is 0 Å². The second-order valence-corrected chi connectivity index (χ2v) is 6.27. The number of rotatable bonds is 3. The van der Waals surface area contributed by atoms with Crippen LogP contribution in [0.15, 0.2) is 56.3 Å². The molecule has 0 unspecified atom stereocenters. The van der Waals surface area contributed by atoms with Crippen LogP contribution in [0.3, 0.4) is 0 Å². The van der Waals surface area contributed by atoms with Crippen molar-refractivity contribution in [3.63, 3.8) is 0 Å². The summed E-state index contributed by atoms with van der Waals surface area (Å²) in [6.45, 7) is 0. The van der Waals surface area contributed by atoms with Gasteiger partial charge >= 0.3 is 5.69 Å². The Hall–Kier alpha value is -2.80. The van der Waals surface area contributed by atoms with Crippen LogP contribution in [-0.4, -0.2) is 23.7 Å². The number of fused-ring (bicyclic) bond motifs is 3. The first kappa shape index (κ1) is 15.7. The van der Waals surface area contributed by atoms with Crippen molar-refractivity contribution in [2.45, 2.75) is 0 Å². The van der Waals surface area contributed by atoms with Gasteiger partial charge in [0.05, 0.1) is 30.0 Å². The zero-order valence-corrected chi connectivity index (χ0v) is 15.1. The Bertz CT molecular complexity index is 1160. The summed E-state index contributed by atoms with van der Waals surface area (Å²) in [5, 5.41) is 4.63. The lowest BCUT2D eigenvalue weighted by Gasteiger charge is -2.15. The highest BCUT2D eigenvalue weighted by molar-refractivity contribution is 9.10. The minimum absolute atomic E-state index is 0.404. The van der Waals surface area contributed by atoms with Crippen LogP contribution < -0.4 is 15.7 Å². The fourth-order valence-corrected chi connectivity index (χ4v) is 3.54. The maximum absolute atomic E-state index is 12.8. The van der Waals surface area contributed by atoms with Gasteiger partial charge < -0.3 is 14.5 Å². The number of nitrogens with zero attached hydrogens (tertiary/aromatic N) is 2. The molecule has 0 aliphatic rings. The van der Waals surface area contributed by atoms with Crippen molar-refractivity contribution in [1.29, 1.82) is 0 Å². The Balaban J connectivity index is 2.25. The quantitative estimate of drug-likeness (QED) is 0.564. The smallest absolute Gasteiger partial charge is 0.354 e. The molecule has 0 aliphatic heterocycles. The summed E-state index contributed by atoms with van der Waals surface area (Å²) in [7, 11) is 3.30. The number of halogens is 1. The van der Waals surface area contributed by atoms with Crippen molar-refractivity contribution in [2.24, 2.45) is 0 Å². The van der Waals surface area contributed by atoms with Gasteiger partial charge in [-0.15, -0.1) is 0 Å². The molecule has 6 nitrogen and oxygen atoms in total. The fourth-order valence-electron chi connectivity index (χ4n) is 3.02. The zero-order chi connectivity index (χ0) is 17.6. The number of para-hydroxylation sites is 2. The monoisotopic (exact) mass is 399 g/mol. The summed E-state index contributed by atoms with van der Waals surface area (Å²) in [6, 6.07) is 11.1. The highest BCUT2D eigenvalue weighted by Crippen LogP contribution is 2.36. The minimum atomic E-state index is -0.404. The highest BCUT2D eigenvalue weighted by Gasteiger charge is 2.19. The lowest BCUT2D eigenvalue weighted by molar-refractivity contribution is 0.413. The Morgan fingerprint density at radius 2 is 2.08 bits per heavy atom. The van der Waals surface area contributed by atoms with Gasteiger partial charge in [0.15, 0.2) is 0 Å². The van der Waals surface area contributed by atoms with Crippen LogP contribution in [0.5, 0.6) is 5.75 Å². The van der Waals surface area contributed by atoms with E-state index in [9.17, 15) is 4.79 Å². The molecular formula is C18H14BrN3O3. The average molecular weight is 400 g/mol. The number of nitrogens with one attached hydrogen (secondary N) is 1. The van der Waals surface area contributed by atoms with Gasteiger partial charge in [-0.05, 0) is 40.2 Å². The number of hydrogen-bond donors (Lipinski definition) is 1. The summed E-state index contributed by atoms with van der Waals surface area (Å²) >= 11 is 3.56. The summed E-state index contributed by atoms with van der Waals surface area (Å²) in [4.78, 5) is 17.0. The van der Waals surface area contributed by atoms with Gasteiger partial charge in [-0.3, -0.25) is 4.57 Å². The van der Waals surface area contributed by atoms with Gasteiger partial charge in [0.1, 0.15) is 17.2 Å². The van der Waals surface area contributed by atoms with E-state index in [4.69, 9.17) is 9.15 Å². The fraction of sp³-hybridized carbons (Fsp3) is 0.111. The first-order valence-electron chi connectivity index (χ1n) is 7.59. The average Bonchev–Trinajstić information content (AvgIpc) is 3.11. The van der Waals surface area contributed by atoms with Gasteiger partial charge in [-0.1, -0.05) is 12.1 Å². The molecule has 0 saturated carbocycles. The Labute approximate surface area is 151 Å². The summed E-state index contributed by atoms with van der Waals surface area (Å²) < 4.78 is 13.5. The number of hydrogen-bond acceptors (Lipinski definition) is 5. The van der Waals surface area contributed by atoms with Crippen LogP contribution >= 0.6 is 15.9 Å². The van der Waals surface area contributed by atoms with Crippen molar-refractivity contribution in [2.75, 3.05) is 19.5 Å². The molecule has 1 N–H and O–H groups in total. The SMILES string of the molecule is CNc1nc(=O)n(-c2ccccc2OC)c2cc(Br)c3ccoc3c12. The number of ether oxygens (including phenoxy) is 1. The van der Waals surface area contributed by atoms with E-state index in [2.05, 4.69) is 26.2 Å². The largest absolute Gasteiger partial charge is 0.495 e. The molecule has 0 saturated heterocycles. The number of methoxy groups -OCH3 is 1. The van der Waals surface area contributed by atoms with Crippen LogP contribution in [0, 0.1) is 0 Å². The third kappa shape index (κ3) is 2.31. The third-order valence-corrected chi connectivity index (χ3v) is 4.76. The first-order valence-corrected chi connectivity index (χ1v) is 8.38. The van der Waals surface area contributed by atoms with E-state index in [1.807, 2.05) is 30.3 Å². The Morgan fingerprint density at radius 1 is 1.28 bits per heavy atom. The molecule has 7 heteroatoms. The number of benzene rings is 2. The van der Waals surface area contributed by atoms with Crippen molar-refractivity contribution in [1.82, 2.24) is 9.55 Å². The van der Waals surface area contributed by atoms with Gasteiger partial charge in [0, 0.05) is 16.9 Å². The van der Waals surface area contributed by atoms with E-state index in [0.717, 1.165) is 15.2 Å². The van der Waals surface area contributed by atoms with E-state index in [1.165, 1.54) is 4.57 Å². The van der Waals surface area contributed by atoms with Gasteiger partial charge in [-0.25, -0.2) is 4.79 Å². The molecule has 0 bridgehead atoms. The van der Waals surface area contributed by atoms with Crippen molar-refractivity contribution in [3.8, 4) is 11.4 Å². The standard InChI is InChI=1S/C18H14BrN3O3/c1-20-17-15-13(9-11(19)10-7-8-25-16(10)15)22(18(23)21-17)12-5-3-4-6-14(12)24-2/h3-9H,1-2H3,(H,20,21,23). The molecule has 0 spiro atoms. The van der Waals surface area contributed by atoms with E-state index >= 15 is 0 Å². The molecule has 2 aromatic heterocycles. The maximum atomic E-state index is 12.8. The van der Waals surface area contributed by atoms with Gasteiger partial charge in [-0.2, -0.15) is 4.98 Å². The van der Waals surface area contributed by atoms with Gasteiger partial charge in [0.25, 0.3) is 0 Å². The van der Waals surface area contributed by atoms with E-state index in [0.29, 0.717) is 28.4 Å². The molecule has 2 aromatic carbocycles. The first-order chi connectivity index (χ1) is 12.2. The maximum Gasteiger partial charge on any atom is 0.354 e.